The van der Waals surface area contributed by atoms with E-state index in [-0.39, 0.29) is 5.91 Å². The Morgan fingerprint density at radius 1 is 1.13 bits per heavy atom. The summed E-state index contributed by atoms with van der Waals surface area (Å²) in [6.45, 7) is 4.84. The van der Waals surface area contributed by atoms with E-state index < -0.39 is 0 Å². The summed E-state index contributed by atoms with van der Waals surface area (Å²) in [7, 11) is 0. The van der Waals surface area contributed by atoms with Crippen molar-refractivity contribution >= 4 is 28.9 Å². The number of aliphatic imine (C=N–C) groups is 1. The Morgan fingerprint density at radius 2 is 1.94 bits per heavy atom. The third-order valence-electron chi connectivity index (χ3n) is 5.11. The van der Waals surface area contributed by atoms with Gasteiger partial charge in [-0.1, -0.05) is 42.5 Å². The fourth-order valence-corrected chi connectivity index (χ4v) is 4.25. The van der Waals surface area contributed by atoms with E-state index in [1.807, 2.05) is 47.4 Å². The van der Waals surface area contributed by atoms with Crippen molar-refractivity contribution in [2.75, 3.05) is 18.0 Å². The van der Waals surface area contributed by atoms with E-state index >= 15 is 0 Å². The molecule has 6 nitrogen and oxygen atoms in total. The molecule has 0 bridgehead atoms. The molecule has 1 amide bonds. The summed E-state index contributed by atoms with van der Waals surface area (Å²) in [5.41, 5.74) is 4.21. The Morgan fingerprint density at radius 3 is 2.65 bits per heavy atom. The van der Waals surface area contributed by atoms with Crippen LogP contribution in [0.2, 0.25) is 0 Å². The van der Waals surface area contributed by atoms with Crippen LogP contribution in [0.4, 0.5) is 5.69 Å². The predicted molar refractivity (Wildman–Crippen MR) is 127 cm³/mol. The van der Waals surface area contributed by atoms with Crippen LogP contribution >= 0.6 is 11.3 Å². The second-order valence-electron chi connectivity index (χ2n) is 7.36. The highest BCUT2D eigenvalue weighted by Gasteiger charge is 2.21. The van der Waals surface area contributed by atoms with Gasteiger partial charge in [0.25, 0.3) is 0 Å². The molecule has 2 N–H and O–H groups in total. The number of nitrogens with one attached hydrogen (secondary N) is 2. The lowest BCUT2D eigenvalue weighted by molar-refractivity contribution is -0.117. The van der Waals surface area contributed by atoms with E-state index in [4.69, 9.17) is 9.98 Å². The molecule has 0 unspecified atom stereocenters. The first-order valence-corrected chi connectivity index (χ1v) is 11.5. The van der Waals surface area contributed by atoms with Crippen LogP contribution in [0.5, 0.6) is 0 Å². The molecule has 7 heteroatoms. The second kappa shape index (κ2) is 10.2. The zero-order valence-corrected chi connectivity index (χ0v) is 18.5. The maximum absolute atomic E-state index is 11.9. The number of carbonyl (C=O) groups excluding carboxylic acids is 1. The SMILES string of the molecule is CCNC(=NCc1ccc(N2CCCC2=O)cc1)NCc1nc(-c2ccccc2)cs1. The first-order valence-electron chi connectivity index (χ1n) is 10.6. The van der Waals surface area contributed by atoms with Gasteiger partial charge in [0.2, 0.25) is 5.91 Å². The minimum absolute atomic E-state index is 0.210. The molecule has 1 saturated heterocycles. The van der Waals surface area contributed by atoms with Gasteiger partial charge in [-0.3, -0.25) is 4.79 Å². The molecule has 160 valence electrons. The molecule has 0 spiro atoms. The van der Waals surface area contributed by atoms with Crippen molar-refractivity contribution in [3.63, 3.8) is 0 Å². The van der Waals surface area contributed by atoms with Crippen molar-refractivity contribution in [1.29, 1.82) is 0 Å². The van der Waals surface area contributed by atoms with E-state index in [0.29, 0.717) is 19.5 Å². The number of hydrogen-bond acceptors (Lipinski definition) is 4. The van der Waals surface area contributed by atoms with E-state index in [2.05, 4.69) is 35.1 Å². The van der Waals surface area contributed by atoms with Crippen molar-refractivity contribution < 1.29 is 4.79 Å². The molecule has 2 aromatic carbocycles. The van der Waals surface area contributed by atoms with E-state index in [0.717, 1.165) is 53.0 Å². The predicted octanol–water partition coefficient (Wildman–Crippen LogP) is 4.19. The van der Waals surface area contributed by atoms with Crippen LogP contribution < -0.4 is 15.5 Å². The van der Waals surface area contributed by atoms with Gasteiger partial charge in [0.05, 0.1) is 18.8 Å². The van der Waals surface area contributed by atoms with Crippen LogP contribution in [0.25, 0.3) is 11.3 Å². The lowest BCUT2D eigenvalue weighted by Gasteiger charge is -2.15. The molecule has 1 aliphatic rings. The van der Waals surface area contributed by atoms with Crippen LogP contribution in [0.15, 0.2) is 65.0 Å². The van der Waals surface area contributed by atoms with Gasteiger partial charge in [-0.05, 0) is 31.0 Å². The zero-order valence-electron chi connectivity index (χ0n) is 17.7. The monoisotopic (exact) mass is 433 g/mol. The Kier molecular flexibility index (Phi) is 6.94. The van der Waals surface area contributed by atoms with Gasteiger partial charge in [0.1, 0.15) is 5.01 Å². The first kappa shape index (κ1) is 21.1. The molecule has 31 heavy (non-hydrogen) atoms. The number of guanidine groups is 1. The summed E-state index contributed by atoms with van der Waals surface area (Å²) >= 11 is 1.64. The quantitative estimate of drug-likeness (QED) is 0.433. The molecular formula is C24H27N5OS. The number of aromatic nitrogens is 1. The summed E-state index contributed by atoms with van der Waals surface area (Å²) in [5.74, 6) is 0.972. The third kappa shape index (κ3) is 5.49. The number of benzene rings is 2. The van der Waals surface area contributed by atoms with Gasteiger partial charge < -0.3 is 15.5 Å². The fourth-order valence-electron chi connectivity index (χ4n) is 3.51. The van der Waals surface area contributed by atoms with E-state index in [1.165, 1.54) is 0 Å². The fraction of sp³-hybridized carbons (Fsp3) is 0.292. The number of thiazole rings is 1. The van der Waals surface area contributed by atoms with Gasteiger partial charge in [0, 0.05) is 36.1 Å². The minimum atomic E-state index is 0.210. The largest absolute Gasteiger partial charge is 0.357 e. The molecule has 0 radical (unpaired) electrons. The van der Waals surface area contributed by atoms with Crippen molar-refractivity contribution in [3.8, 4) is 11.3 Å². The standard InChI is InChI=1S/C24H27N5OS/c1-2-25-24(27-16-22-28-21(17-31-22)19-7-4-3-5-8-19)26-15-18-10-12-20(13-11-18)29-14-6-9-23(29)30/h3-5,7-8,10-13,17H,2,6,9,14-16H2,1H3,(H2,25,26,27). The molecule has 1 fully saturated rings. The topological polar surface area (TPSA) is 69.6 Å². The molecule has 4 rings (SSSR count). The highest BCUT2D eigenvalue weighted by molar-refractivity contribution is 7.09. The molecule has 0 atom stereocenters. The highest BCUT2D eigenvalue weighted by Crippen LogP contribution is 2.22. The Hall–Kier alpha value is -3.19. The summed E-state index contributed by atoms with van der Waals surface area (Å²) in [5, 5.41) is 9.76. The van der Waals surface area contributed by atoms with Crippen LogP contribution in [0.1, 0.15) is 30.3 Å². The van der Waals surface area contributed by atoms with Crippen molar-refractivity contribution in [2.24, 2.45) is 4.99 Å². The molecule has 0 aliphatic carbocycles. The number of amides is 1. The molecule has 0 saturated carbocycles. The molecule has 2 heterocycles. The molecular weight excluding hydrogens is 406 g/mol. The zero-order chi connectivity index (χ0) is 21.5. The lowest BCUT2D eigenvalue weighted by Crippen LogP contribution is -2.36. The number of hydrogen-bond donors (Lipinski definition) is 2. The third-order valence-corrected chi connectivity index (χ3v) is 5.96. The van der Waals surface area contributed by atoms with Gasteiger partial charge in [-0.2, -0.15) is 0 Å². The van der Waals surface area contributed by atoms with E-state index in [1.54, 1.807) is 11.3 Å². The van der Waals surface area contributed by atoms with Crippen molar-refractivity contribution in [2.45, 2.75) is 32.9 Å². The first-order chi connectivity index (χ1) is 15.2. The van der Waals surface area contributed by atoms with Crippen LogP contribution in [-0.4, -0.2) is 29.9 Å². The molecule has 1 aliphatic heterocycles. The summed E-state index contributed by atoms with van der Waals surface area (Å²) in [6, 6.07) is 18.3. The van der Waals surface area contributed by atoms with Crippen molar-refractivity contribution in [1.82, 2.24) is 15.6 Å². The maximum atomic E-state index is 11.9. The van der Waals surface area contributed by atoms with Crippen LogP contribution in [0.3, 0.4) is 0 Å². The van der Waals surface area contributed by atoms with Crippen molar-refractivity contribution in [3.05, 3.63) is 70.5 Å². The summed E-state index contributed by atoms with van der Waals surface area (Å²) in [6.07, 6.45) is 1.59. The second-order valence-corrected chi connectivity index (χ2v) is 8.30. The van der Waals surface area contributed by atoms with Gasteiger partial charge in [0.15, 0.2) is 5.96 Å². The minimum Gasteiger partial charge on any atom is -0.357 e. The average molecular weight is 434 g/mol. The normalized spacial score (nSPS) is 14.2. The average Bonchev–Trinajstić information content (AvgIpc) is 3.46. The summed E-state index contributed by atoms with van der Waals surface area (Å²) < 4.78 is 0. The van der Waals surface area contributed by atoms with Gasteiger partial charge in [-0.25, -0.2) is 9.98 Å². The molecule has 3 aromatic rings. The highest BCUT2D eigenvalue weighted by atomic mass is 32.1. The Labute approximate surface area is 187 Å². The smallest absolute Gasteiger partial charge is 0.227 e. The van der Waals surface area contributed by atoms with Crippen LogP contribution in [0, 0.1) is 0 Å². The van der Waals surface area contributed by atoms with Crippen LogP contribution in [-0.2, 0) is 17.9 Å². The maximum Gasteiger partial charge on any atom is 0.227 e. The number of rotatable bonds is 7. The number of carbonyl (C=O) groups is 1. The summed E-state index contributed by atoms with van der Waals surface area (Å²) in [4.78, 5) is 23.2. The molecule has 1 aromatic heterocycles. The van der Waals surface area contributed by atoms with Gasteiger partial charge >= 0.3 is 0 Å². The van der Waals surface area contributed by atoms with E-state index in [9.17, 15) is 4.79 Å². The van der Waals surface area contributed by atoms with Gasteiger partial charge in [-0.15, -0.1) is 11.3 Å². The Bertz CT molecular complexity index is 1030. The number of nitrogens with zero attached hydrogens (tertiary/aromatic N) is 3. The number of anilines is 1. The lowest BCUT2D eigenvalue weighted by atomic mass is 10.2. The Balaban J connectivity index is 1.35.